The zero-order valence-corrected chi connectivity index (χ0v) is 14.0. The van der Waals surface area contributed by atoms with E-state index < -0.39 is 6.10 Å². The van der Waals surface area contributed by atoms with Crippen LogP contribution in [0.4, 0.5) is 0 Å². The van der Waals surface area contributed by atoms with Crippen LogP contribution in [0.1, 0.15) is 37.3 Å². The van der Waals surface area contributed by atoms with Crippen molar-refractivity contribution in [1.29, 1.82) is 0 Å². The van der Waals surface area contributed by atoms with E-state index in [1.807, 2.05) is 32.0 Å². The summed E-state index contributed by atoms with van der Waals surface area (Å²) in [5.74, 6) is 0.789. The molecule has 0 fully saturated rings. The number of carbonyl (C=O) groups excluding carboxylic acids is 1. The van der Waals surface area contributed by atoms with Gasteiger partial charge in [-0.05, 0) is 69.5 Å². The van der Waals surface area contributed by atoms with Crippen molar-refractivity contribution in [3.8, 4) is 5.75 Å². The Balaban J connectivity index is 1.93. The van der Waals surface area contributed by atoms with E-state index in [0.29, 0.717) is 13.0 Å². The predicted molar refractivity (Wildman–Crippen MR) is 89.4 cm³/mol. The summed E-state index contributed by atoms with van der Waals surface area (Å²) in [6.07, 6.45) is 5.07. The Labute approximate surface area is 133 Å². The molecule has 1 aliphatic rings. The fraction of sp³-hybridized carbons (Fsp3) is 0.611. The summed E-state index contributed by atoms with van der Waals surface area (Å²) in [4.78, 5) is 14.2. The molecule has 0 aliphatic heterocycles. The molecule has 0 saturated carbocycles. The molecule has 0 spiro atoms. The molecule has 4 heteroatoms. The second-order valence-corrected chi connectivity index (χ2v) is 6.25. The summed E-state index contributed by atoms with van der Waals surface area (Å²) in [6.45, 7) is 3.46. The molecule has 4 nitrogen and oxygen atoms in total. The van der Waals surface area contributed by atoms with Crippen LogP contribution >= 0.6 is 0 Å². The Hall–Kier alpha value is -1.55. The van der Waals surface area contributed by atoms with Gasteiger partial charge in [-0.2, -0.15) is 0 Å². The van der Waals surface area contributed by atoms with E-state index in [1.165, 1.54) is 24.0 Å². The highest BCUT2D eigenvalue weighted by atomic mass is 16.5. The Bertz CT molecular complexity index is 500. The lowest BCUT2D eigenvalue weighted by atomic mass is 9.92. The minimum atomic E-state index is -0.413. The topological polar surface area (TPSA) is 41.6 Å². The second-order valence-electron chi connectivity index (χ2n) is 6.25. The van der Waals surface area contributed by atoms with Crippen LogP contribution in [0, 0.1) is 0 Å². The number of amides is 1. The molecule has 1 aromatic rings. The maximum atomic E-state index is 12.2. The number of rotatable bonds is 7. The van der Waals surface area contributed by atoms with Crippen molar-refractivity contribution in [3.63, 3.8) is 0 Å². The summed E-state index contributed by atoms with van der Waals surface area (Å²) in [5.41, 5.74) is 2.81. The van der Waals surface area contributed by atoms with Gasteiger partial charge >= 0.3 is 0 Å². The van der Waals surface area contributed by atoms with Crippen molar-refractivity contribution in [1.82, 2.24) is 10.2 Å². The van der Waals surface area contributed by atoms with E-state index in [0.717, 1.165) is 25.1 Å². The Morgan fingerprint density at radius 2 is 2.00 bits per heavy atom. The van der Waals surface area contributed by atoms with Crippen LogP contribution in [-0.2, 0) is 17.6 Å². The number of benzene rings is 1. The van der Waals surface area contributed by atoms with E-state index in [1.54, 1.807) is 0 Å². The van der Waals surface area contributed by atoms with E-state index in [9.17, 15) is 4.79 Å². The van der Waals surface area contributed by atoms with Gasteiger partial charge in [-0.25, -0.2) is 0 Å². The maximum absolute atomic E-state index is 12.2. The van der Waals surface area contributed by atoms with E-state index in [2.05, 4.69) is 17.4 Å². The molecule has 1 amide bonds. The van der Waals surface area contributed by atoms with Crippen LogP contribution in [0.15, 0.2) is 18.2 Å². The highest BCUT2D eigenvalue weighted by molar-refractivity contribution is 5.81. The number of hydrogen-bond donors (Lipinski definition) is 1. The van der Waals surface area contributed by atoms with Gasteiger partial charge in [-0.3, -0.25) is 4.79 Å². The van der Waals surface area contributed by atoms with Crippen LogP contribution in [0.5, 0.6) is 5.75 Å². The normalized spacial score (nSPS) is 15.3. The molecular weight excluding hydrogens is 276 g/mol. The molecular formula is C18H28N2O2. The highest BCUT2D eigenvalue weighted by Gasteiger charge is 2.19. The van der Waals surface area contributed by atoms with Gasteiger partial charge in [0.2, 0.25) is 0 Å². The molecule has 22 heavy (non-hydrogen) atoms. The Kier molecular flexibility index (Phi) is 6.25. The molecule has 2 rings (SSSR count). The van der Waals surface area contributed by atoms with Gasteiger partial charge in [-0.15, -0.1) is 0 Å². The molecule has 0 bridgehead atoms. The third kappa shape index (κ3) is 4.73. The SMILES string of the molecule is CC[C@@H](Oc1ccc2c(c1)CCCC2)C(=O)NCCN(C)C. The van der Waals surface area contributed by atoms with E-state index in [4.69, 9.17) is 4.74 Å². The van der Waals surface area contributed by atoms with Crippen LogP contribution in [0.2, 0.25) is 0 Å². The number of likely N-dealkylation sites (N-methyl/N-ethyl adjacent to an activating group) is 1. The first-order chi connectivity index (χ1) is 10.6. The molecule has 0 radical (unpaired) electrons. The van der Waals surface area contributed by atoms with Gasteiger partial charge in [0.25, 0.3) is 5.91 Å². The molecule has 0 saturated heterocycles. The molecule has 1 aromatic carbocycles. The number of nitrogens with one attached hydrogen (secondary N) is 1. The maximum Gasteiger partial charge on any atom is 0.261 e. The smallest absolute Gasteiger partial charge is 0.261 e. The molecule has 0 heterocycles. The lowest BCUT2D eigenvalue weighted by molar-refractivity contribution is -0.128. The summed E-state index contributed by atoms with van der Waals surface area (Å²) < 4.78 is 5.92. The van der Waals surface area contributed by atoms with Crippen LogP contribution in [0.3, 0.4) is 0 Å². The Morgan fingerprint density at radius 1 is 1.27 bits per heavy atom. The fourth-order valence-electron chi connectivity index (χ4n) is 2.79. The zero-order chi connectivity index (χ0) is 15.9. The number of aryl methyl sites for hydroxylation is 2. The standard InChI is InChI=1S/C18H28N2O2/c1-4-17(18(21)19-11-12-20(2)3)22-16-10-9-14-7-5-6-8-15(14)13-16/h9-10,13,17H,4-8,11-12H2,1-3H3,(H,19,21)/t17-/m1/s1. The molecule has 1 N–H and O–H groups in total. The number of fused-ring (bicyclic) bond motifs is 1. The first-order valence-corrected chi connectivity index (χ1v) is 8.31. The summed E-state index contributed by atoms with van der Waals surface area (Å²) >= 11 is 0. The third-order valence-electron chi connectivity index (χ3n) is 4.12. The number of nitrogens with zero attached hydrogens (tertiary/aromatic N) is 1. The second kappa shape index (κ2) is 8.18. The number of ether oxygens (including phenoxy) is 1. The molecule has 0 unspecified atom stereocenters. The highest BCUT2D eigenvalue weighted by Crippen LogP contribution is 2.26. The van der Waals surface area contributed by atoms with E-state index in [-0.39, 0.29) is 5.91 Å². The van der Waals surface area contributed by atoms with Crippen molar-refractivity contribution in [2.24, 2.45) is 0 Å². The average molecular weight is 304 g/mol. The number of hydrogen-bond acceptors (Lipinski definition) is 3. The van der Waals surface area contributed by atoms with Gasteiger partial charge in [0.05, 0.1) is 0 Å². The van der Waals surface area contributed by atoms with Crippen molar-refractivity contribution in [3.05, 3.63) is 29.3 Å². The van der Waals surface area contributed by atoms with E-state index >= 15 is 0 Å². The summed E-state index contributed by atoms with van der Waals surface area (Å²) in [6, 6.07) is 6.27. The largest absolute Gasteiger partial charge is 0.481 e. The van der Waals surface area contributed by atoms with Gasteiger partial charge < -0.3 is 15.0 Å². The summed E-state index contributed by atoms with van der Waals surface area (Å²) in [5, 5.41) is 2.94. The first-order valence-electron chi connectivity index (χ1n) is 8.31. The quantitative estimate of drug-likeness (QED) is 0.841. The van der Waals surface area contributed by atoms with Crippen molar-refractivity contribution < 1.29 is 9.53 Å². The van der Waals surface area contributed by atoms with Crippen LogP contribution in [0.25, 0.3) is 0 Å². The van der Waals surface area contributed by atoms with Crippen LogP contribution in [-0.4, -0.2) is 44.1 Å². The van der Waals surface area contributed by atoms with Crippen molar-refractivity contribution in [2.45, 2.75) is 45.1 Å². The molecule has 1 atom stereocenters. The third-order valence-corrected chi connectivity index (χ3v) is 4.12. The lowest BCUT2D eigenvalue weighted by Crippen LogP contribution is -2.40. The van der Waals surface area contributed by atoms with Crippen molar-refractivity contribution in [2.75, 3.05) is 27.2 Å². The fourth-order valence-corrected chi connectivity index (χ4v) is 2.79. The average Bonchev–Trinajstić information content (AvgIpc) is 2.52. The molecule has 0 aromatic heterocycles. The van der Waals surface area contributed by atoms with Gasteiger partial charge in [0, 0.05) is 13.1 Å². The number of carbonyl (C=O) groups is 1. The van der Waals surface area contributed by atoms with Crippen LogP contribution < -0.4 is 10.1 Å². The Morgan fingerprint density at radius 3 is 2.68 bits per heavy atom. The van der Waals surface area contributed by atoms with Gasteiger partial charge in [0.1, 0.15) is 5.75 Å². The minimum absolute atomic E-state index is 0.0259. The molecule has 122 valence electrons. The first kappa shape index (κ1) is 16.8. The summed E-state index contributed by atoms with van der Waals surface area (Å²) in [7, 11) is 3.99. The zero-order valence-electron chi connectivity index (χ0n) is 14.0. The predicted octanol–water partition coefficient (Wildman–Crippen LogP) is 2.40. The molecule has 1 aliphatic carbocycles. The van der Waals surface area contributed by atoms with Gasteiger partial charge in [0.15, 0.2) is 6.10 Å². The van der Waals surface area contributed by atoms with Gasteiger partial charge in [-0.1, -0.05) is 13.0 Å². The van der Waals surface area contributed by atoms with Crippen molar-refractivity contribution >= 4 is 5.91 Å². The minimum Gasteiger partial charge on any atom is -0.481 e. The lowest BCUT2D eigenvalue weighted by Gasteiger charge is -2.21. The monoisotopic (exact) mass is 304 g/mol.